The number of hydrogen-bond donors (Lipinski definition) is 0. The Hall–Kier alpha value is -1.61. The molecule has 0 atom stereocenters. The van der Waals surface area contributed by atoms with E-state index in [1.807, 2.05) is 48.5 Å². The van der Waals surface area contributed by atoms with Crippen LogP contribution in [0.3, 0.4) is 0 Å². The molecule has 0 bridgehead atoms. The Labute approximate surface area is 111 Å². The van der Waals surface area contributed by atoms with Crippen LogP contribution in [0.2, 0.25) is 0 Å². The normalized spacial score (nSPS) is 12.3. The van der Waals surface area contributed by atoms with Gasteiger partial charge in [0, 0.05) is 25.0 Å². The van der Waals surface area contributed by atoms with Crippen molar-refractivity contribution in [1.29, 1.82) is 0 Å². The van der Waals surface area contributed by atoms with Crippen LogP contribution >= 0.6 is 7.75 Å². The standard InChI is InChI=1S/C14H14NO3P/c1-17-19(16,18-2)15-13-9-5-3-7-11(13)12-8-4-6-10-14(12)15/h3-10H,1-2H3. The highest BCUT2D eigenvalue weighted by Gasteiger charge is 2.28. The van der Waals surface area contributed by atoms with Gasteiger partial charge in [0.2, 0.25) is 0 Å². The van der Waals surface area contributed by atoms with Crippen LogP contribution in [0.4, 0.5) is 0 Å². The Kier molecular flexibility index (Phi) is 2.94. The summed E-state index contributed by atoms with van der Waals surface area (Å²) in [5.41, 5.74) is 1.69. The average molecular weight is 275 g/mol. The summed E-state index contributed by atoms with van der Waals surface area (Å²) in [6.45, 7) is 0. The Morgan fingerprint density at radius 3 is 1.68 bits per heavy atom. The number of rotatable bonds is 3. The summed E-state index contributed by atoms with van der Waals surface area (Å²) in [6, 6.07) is 15.6. The summed E-state index contributed by atoms with van der Waals surface area (Å²) in [5, 5.41) is 2.07. The van der Waals surface area contributed by atoms with Gasteiger partial charge < -0.3 is 0 Å². The third-order valence-corrected chi connectivity index (χ3v) is 5.10. The molecule has 0 aliphatic rings. The van der Waals surface area contributed by atoms with Crippen molar-refractivity contribution in [1.82, 2.24) is 4.34 Å². The molecule has 0 N–H and O–H groups in total. The van der Waals surface area contributed by atoms with Gasteiger partial charge in [-0.05, 0) is 12.1 Å². The second-order valence-electron chi connectivity index (χ2n) is 4.18. The molecule has 4 nitrogen and oxygen atoms in total. The van der Waals surface area contributed by atoms with Crippen LogP contribution in [0, 0.1) is 0 Å². The first-order valence-corrected chi connectivity index (χ1v) is 7.41. The summed E-state index contributed by atoms with van der Waals surface area (Å²) in [5.74, 6) is 0. The fraction of sp³-hybridized carbons (Fsp3) is 0.143. The van der Waals surface area contributed by atoms with Gasteiger partial charge in [-0.1, -0.05) is 36.4 Å². The van der Waals surface area contributed by atoms with E-state index in [1.54, 1.807) is 4.34 Å². The zero-order valence-electron chi connectivity index (χ0n) is 10.7. The molecule has 0 radical (unpaired) electrons. The van der Waals surface area contributed by atoms with Crippen LogP contribution in [0.5, 0.6) is 0 Å². The van der Waals surface area contributed by atoms with Gasteiger partial charge >= 0.3 is 7.75 Å². The fourth-order valence-electron chi connectivity index (χ4n) is 2.40. The molecule has 3 aromatic rings. The van der Waals surface area contributed by atoms with Gasteiger partial charge in [-0.3, -0.25) is 9.05 Å². The van der Waals surface area contributed by atoms with Crippen molar-refractivity contribution in [2.75, 3.05) is 14.2 Å². The van der Waals surface area contributed by atoms with E-state index >= 15 is 0 Å². The predicted octanol–water partition coefficient (Wildman–Crippen LogP) is 4.04. The number of fused-ring (bicyclic) bond motifs is 3. The molecule has 0 unspecified atom stereocenters. The Morgan fingerprint density at radius 2 is 1.26 bits per heavy atom. The molecule has 0 saturated carbocycles. The lowest BCUT2D eigenvalue weighted by Gasteiger charge is -2.16. The van der Waals surface area contributed by atoms with Crippen LogP contribution < -0.4 is 0 Å². The van der Waals surface area contributed by atoms with E-state index in [0.717, 1.165) is 21.8 Å². The van der Waals surface area contributed by atoms with Gasteiger partial charge in [0.25, 0.3) is 0 Å². The number of aromatic nitrogens is 1. The minimum absolute atomic E-state index is 0.843. The summed E-state index contributed by atoms with van der Waals surface area (Å²) in [7, 11) is -0.567. The van der Waals surface area contributed by atoms with Crippen molar-refractivity contribution in [2.45, 2.75) is 0 Å². The van der Waals surface area contributed by atoms with Crippen molar-refractivity contribution in [3.63, 3.8) is 0 Å². The second kappa shape index (κ2) is 4.49. The average Bonchev–Trinajstić information content (AvgIpc) is 2.82. The number of para-hydroxylation sites is 2. The highest BCUT2D eigenvalue weighted by molar-refractivity contribution is 7.52. The highest BCUT2D eigenvalue weighted by atomic mass is 31.2. The molecule has 0 fully saturated rings. The summed E-state index contributed by atoms with van der Waals surface area (Å²) < 4.78 is 24.7. The van der Waals surface area contributed by atoms with E-state index in [1.165, 1.54) is 14.2 Å². The van der Waals surface area contributed by atoms with Gasteiger partial charge in [-0.2, -0.15) is 0 Å². The monoisotopic (exact) mass is 275 g/mol. The molecule has 0 spiro atoms. The van der Waals surface area contributed by atoms with Crippen LogP contribution in [-0.4, -0.2) is 18.6 Å². The molecular formula is C14H14NO3P. The lowest BCUT2D eigenvalue weighted by molar-refractivity contribution is 0.269. The van der Waals surface area contributed by atoms with Crippen LogP contribution in [0.15, 0.2) is 48.5 Å². The number of benzene rings is 2. The summed E-state index contributed by atoms with van der Waals surface area (Å²) >= 11 is 0. The molecule has 3 rings (SSSR count). The third kappa shape index (κ3) is 1.72. The molecule has 19 heavy (non-hydrogen) atoms. The van der Waals surface area contributed by atoms with Crippen molar-refractivity contribution in [3.8, 4) is 0 Å². The van der Waals surface area contributed by atoms with E-state index in [4.69, 9.17) is 9.05 Å². The molecular weight excluding hydrogens is 261 g/mol. The van der Waals surface area contributed by atoms with Crippen molar-refractivity contribution in [3.05, 3.63) is 48.5 Å². The fourth-order valence-corrected chi connectivity index (χ4v) is 3.76. The minimum Gasteiger partial charge on any atom is -0.295 e. The Bertz CT molecular complexity index is 732. The number of nitrogens with zero attached hydrogens (tertiary/aromatic N) is 1. The van der Waals surface area contributed by atoms with Crippen molar-refractivity contribution < 1.29 is 13.6 Å². The molecule has 5 heteroatoms. The van der Waals surface area contributed by atoms with Crippen LogP contribution in [0.1, 0.15) is 0 Å². The second-order valence-corrected chi connectivity index (χ2v) is 6.25. The van der Waals surface area contributed by atoms with Gasteiger partial charge in [0.05, 0.1) is 11.0 Å². The first-order chi connectivity index (χ1) is 9.21. The van der Waals surface area contributed by atoms with E-state index in [2.05, 4.69) is 0 Å². The molecule has 1 heterocycles. The van der Waals surface area contributed by atoms with E-state index in [9.17, 15) is 4.57 Å². The Balaban J connectivity index is 2.54. The van der Waals surface area contributed by atoms with Gasteiger partial charge in [-0.25, -0.2) is 8.90 Å². The highest BCUT2D eigenvalue weighted by Crippen LogP contribution is 2.53. The maximum Gasteiger partial charge on any atom is 0.439 e. The third-order valence-electron chi connectivity index (χ3n) is 3.26. The zero-order chi connectivity index (χ0) is 13.5. The summed E-state index contributed by atoms with van der Waals surface area (Å²) in [4.78, 5) is 0. The van der Waals surface area contributed by atoms with Gasteiger partial charge in [-0.15, -0.1) is 0 Å². The lowest BCUT2D eigenvalue weighted by atomic mass is 10.2. The predicted molar refractivity (Wildman–Crippen MR) is 76.5 cm³/mol. The van der Waals surface area contributed by atoms with Gasteiger partial charge in [0.1, 0.15) is 0 Å². The van der Waals surface area contributed by atoms with Crippen molar-refractivity contribution >= 4 is 29.6 Å². The van der Waals surface area contributed by atoms with E-state index < -0.39 is 7.75 Å². The molecule has 2 aromatic carbocycles. The first-order valence-electron chi connectivity index (χ1n) is 5.92. The van der Waals surface area contributed by atoms with Crippen molar-refractivity contribution in [2.24, 2.45) is 0 Å². The Morgan fingerprint density at radius 1 is 0.842 bits per heavy atom. The van der Waals surface area contributed by atoms with E-state index in [0.29, 0.717) is 0 Å². The molecule has 0 aliphatic carbocycles. The summed E-state index contributed by atoms with van der Waals surface area (Å²) in [6.07, 6.45) is 0. The molecule has 0 aliphatic heterocycles. The SMILES string of the molecule is COP(=O)(OC)n1c2ccccc2c2ccccc21. The largest absolute Gasteiger partial charge is 0.439 e. The molecule has 0 amide bonds. The van der Waals surface area contributed by atoms with Crippen LogP contribution in [-0.2, 0) is 13.6 Å². The number of hydrogen-bond acceptors (Lipinski definition) is 3. The topological polar surface area (TPSA) is 40.5 Å². The van der Waals surface area contributed by atoms with Gasteiger partial charge in [0.15, 0.2) is 0 Å². The lowest BCUT2D eigenvalue weighted by Crippen LogP contribution is -2.00. The molecule has 0 saturated heterocycles. The van der Waals surface area contributed by atoms with Crippen LogP contribution in [0.25, 0.3) is 21.8 Å². The quantitative estimate of drug-likeness (QED) is 0.677. The first kappa shape index (κ1) is 12.4. The maximum absolute atomic E-state index is 12.8. The maximum atomic E-state index is 12.8. The minimum atomic E-state index is -3.36. The molecule has 98 valence electrons. The van der Waals surface area contributed by atoms with E-state index in [-0.39, 0.29) is 0 Å². The zero-order valence-corrected chi connectivity index (χ0v) is 11.6. The smallest absolute Gasteiger partial charge is 0.295 e. The molecule has 1 aromatic heterocycles.